The van der Waals surface area contributed by atoms with Gasteiger partial charge in [0.15, 0.2) is 5.03 Å². The monoisotopic (exact) mass is 217 g/mol. The van der Waals surface area contributed by atoms with Crippen LogP contribution in [0.3, 0.4) is 0 Å². The third-order valence-corrected chi connectivity index (χ3v) is 3.04. The van der Waals surface area contributed by atoms with Crippen molar-refractivity contribution >= 4 is 15.8 Å². The van der Waals surface area contributed by atoms with Crippen LogP contribution in [-0.2, 0) is 21.9 Å². The maximum Gasteiger partial charge on any atom is 0.258 e. The van der Waals surface area contributed by atoms with E-state index in [1.807, 2.05) is 0 Å². The lowest BCUT2D eigenvalue weighted by atomic mass is 10.5. The number of carbonyl (C=O) groups excluding carboxylic acids is 1. The summed E-state index contributed by atoms with van der Waals surface area (Å²) >= 11 is 0. The number of nitrogens with one attached hydrogen (secondary N) is 1. The van der Waals surface area contributed by atoms with Gasteiger partial charge >= 0.3 is 0 Å². The van der Waals surface area contributed by atoms with Gasteiger partial charge in [-0.25, -0.2) is 13.1 Å². The van der Waals surface area contributed by atoms with Crippen molar-refractivity contribution < 1.29 is 13.2 Å². The molecule has 78 valence electrons. The smallest absolute Gasteiger partial charge is 0.258 e. The number of sulfonamides is 1. The number of aryl methyl sites for hydroxylation is 1. The summed E-state index contributed by atoms with van der Waals surface area (Å²) in [5.74, 6) is -0.240. The second-order valence-corrected chi connectivity index (χ2v) is 4.53. The van der Waals surface area contributed by atoms with E-state index in [1.54, 1.807) is 0 Å². The Balaban J connectivity index is 2.87. The van der Waals surface area contributed by atoms with Crippen LogP contribution in [0.1, 0.15) is 6.92 Å². The van der Waals surface area contributed by atoms with E-state index in [2.05, 4.69) is 9.82 Å². The maximum absolute atomic E-state index is 11.5. The van der Waals surface area contributed by atoms with Crippen LogP contribution in [0.2, 0.25) is 0 Å². The van der Waals surface area contributed by atoms with Crippen LogP contribution in [0.4, 0.5) is 0 Å². The quantitative estimate of drug-likeness (QED) is 0.722. The Kier molecular flexibility index (Phi) is 3.02. The molecule has 0 atom stereocenters. The van der Waals surface area contributed by atoms with Crippen LogP contribution in [0, 0.1) is 0 Å². The van der Waals surface area contributed by atoms with Crippen molar-refractivity contribution in [1.29, 1.82) is 0 Å². The van der Waals surface area contributed by atoms with Crippen LogP contribution in [-0.4, -0.2) is 30.5 Å². The van der Waals surface area contributed by atoms with Crippen molar-refractivity contribution in [1.82, 2.24) is 14.5 Å². The van der Waals surface area contributed by atoms with Gasteiger partial charge < -0.3 is 0 Å². The van der Waals surface area contributed by atoms with E-state index in [0.29, 0.717) is 0 Å². The second kappa shape index (κ2) is 3.89. The molecule has 0 aliphatic rings. The van der Waals surface area contributed by atoms with Crippen molar-refractivity contribution in [2.24, 2.45) is 7.05 Å². The van der Waals surface area contributed by atoms with E-state index >= 15 is 0 Å². The van der Waals surface area contributed by atoms with E-state index in [9.17, 15) is 13.2 Å². The normalized spacial score (nSPS) is 11.6. The number of rotatable bonds is 4. The molecule has 0 aliphatic carbocycles. The van der Waals surface area contributed by atoms with E-state index < -0.39 is 10.0 Å². The summed E-state index contributed by atoms with van der Waals surface area (Å²) in [6, 6.07) is 1.36. The van der Waals surface area contributed by atoms with Crippen LogP contribution in [0.25, 0.3) is 0 Å². The number of hydrogen-bond donors (Lipinski definition) is 1. The van der Waals surface area contributed by atoms with Crippen molar-refractivity contribution in [2.75, 3.05) is 6.54 Å². The van der Waals surface area contributed by atoms with Gasteiger partial charge in [0.25, 0.3) is 10.0 Å². The van der Waals surface area contributed by atoms with Crippen LogP contribution in [0.5, 0.6) is 0 Å². The van der Waals surface area contributed by atoms with Crippen LogP contribution < -0.4 is 4.72 Å². The van der Waals surface area contributed by atoms with Gasteiger partial charge in [-0.1, -0.05) is 0 Å². The van der Waals surface area contributed by atoms with Crippen molar-refractivity contribution in [2.45, 2.75) is 11.9 Å². The predicted molar refractivity (Wildman–Crippen MR) is 49.1 cm³/mol. The van der Waals surface area contributed by atoms with E-state index in [1.165, 1.54) is 30.9 Å². The van der Waals surface area contributed by atoms with Crippen LogP contribution in [0.15, 0.2) is 17.3 Å². The van der Waals surface area contributed by atoms with Gasteiger partial charge in [0, 0.05) is 7.05 Å². The summed E-state index contributed by atoms with van der Waals surface area (Å²) in [5.41, 5.74) is 0. The highest BCUT2D eigenvalue weighted by Gasteiger charge is 2.17. The van der Waals surface area contributed by atoms with Gasteiger partial charge in [-0.05, 0) is 13.0 Å². The van der Waals surface area contributed by atoms with Crippen molar-refractivity contribution in [3.63, 3.8) is 0 Å². The number of aromatic nitrogens is 2. The summed E-state index contributed by atoms with van der Waals surface area (Å²) in [4.78, 5) is 10.6. The van der Waals surface area contributed by atoms with Crippen LogP contribution >= 0.6 is 0 Å². The van der Waals surface area contributed by atoms with Gasteiger partial charge in [0.05, 0.1) is 12.7 Å². The topological polar surface area (TPSA) is 81.1 Å². The fraction of sp³-hybridized carbons (Fsp3) is 0.429. The first kappa shape index (κ1) is 10.9. The fourth-order valence-electron chi connectivity index (χ4n) is 0.896. The fourth-order valence-corrected chi connectivity index (χ4v) is 2.07. The molecule has 1 rings (SSSR count). The van der Waals surface area contributed by atoms with Gasteiger partial charge in [-0.2, -0.15) is 5.10 Å². The molecule has 0 spiro atoms. The summed E-state index contributed by atoms with van der Waals surface area (Å²) in [6.45, 7) is 1.11. The molecule has 0 amide bonds. The minimum atomic E-state index is -3.61. The third kappa shape index (κ3) is 2.39. The summed E-state index contributed by atoms with van der Waals surface area (Å²) in [5, 5.41) is 3.76. The maximum atomic E-state index is 11.5. The van der Waals surface area contributed by atoms with Gasteiger partial charge in [0.1, 0.15) is 5.78 Å². The Morgan fingerprint density at radius 1 is 1.64 bits per heavy atom. The molecule has 0 fully saturated rings. The largest absolute Gasteiger partial charge is 0.299 e. The third-order valence-electron chi connectivity index (χ3n) is 1.56. The van der Waals surface area contributed by atoms with Gasteiger partial charge in [-0.3, -0.25) is 9.48 Å². The van der Waals surface area contributed by atoms with E-state index in [-0.39, 0.29) is 17.4 Å². The SMILES string of the molecule is CC(=O)CNS(=O)(=O)c1ccnn1C. The Morgan fingerprint density at radius 3 is 2.71 bits per heavy atom. The molecular formula is C7H11N3O3S. The molecule has 0 bridgehead atoms. The first-order chi connectivity index (χ1) is 6.43. The molecule has 0 aromatic carbocycles. The van der Waals surface area contributed by atoms with Crippen molar-refractivity contribution in [3.05, 3.63) is 12.3 Å². The summed E-state index contributed by atoms with van der Waals surface area (Å²) in [7, 11) is -2.10. The molecule has 14 heavy (non-hydrogen) atoms. The Bertz CT molecular complexity index is 435. The molecule has 0 radical (unpaired) electrons. The first-order valence-electron chi connectivity index (χ1n) is 3.90. The molecule has 1 N–H and O–H groups in total. The Labute approximate surface area is 82.0 Å². The average molecular weight is 217 g/mol. The van der Waals surface area contributed by atoms with Gasteiger partial charge in [-0.15, -0.1) is 0 Å². The molecule has 0 unspecified atom stereocenters. The minimum Gasteiger partial charge on any atom is -0.299 e. The Morgan fingerprint density at radius 2 is 2.29 bits per heavy atom. The molecule has 1 aromatic heterocycles. The number of hydrogen-bond acceptors (Lipinski definition) is 4. The lowest BCUT2D eigenvalue weighted by molar-refractivity contribution is -0.115. The summed E-state index contributed by atoms with van der Waals surface area (Å²) < 4.78 is 26.4. The predicted octanol–water partition coefficient (Wildman–Crippen LogP) is -0.713. The van der Waals surface area contributed by atoms with Gasteiger partial charge in [0.2, 0.25) is 0 Å². The molecule has 7 heteroatoms. The molecule has 0 saturated heterocycles. The molecular weight excluding hydrogens is 206 g/mol. The zero-order valence-electron chi connectivity index (χ0n) is 7.89. The zero-order valence-corrected chi connectivity index (χ0v) is 8.71. The lowest BCUT2D eigenvalue weighted by Crippen LogP contribution is -2.29. The number of carbonyl (C=O) groups is 1. The van der Waals surface area contributed by atoms with E-state index in [4.69, 9.17) is 0 Å². The number of ketones is 1. The second-order valence-electron chi connectivity index (χ2n) is 2.82. The minimum absolute atomic E-state index is 0.0405. The lowest BCUT2D eigenvalue weighted by Gasteiger charge is -2.04. The molecule has 0 saturated carbocycles. The molecule has 0 aliphatic heterocycles. The average Bonchev–Trinajstić information content (AvgIpc) is 2.48. The highest BCUT2D eigenvalue weighted by atomic mass is 32.2. The highest BCUT2D eigenvalue weighted by Crippen LogP contribution is 2.04. The van der Waals surface area contributed by atoms with E-state index in [0.717, 1.165) is 0 Å². The standard InChI is InChI=1S/C7H11N3O3S/c1-6(11)5-9-14(12,13)7-3-4-8-10(7)2/h3-4,9H,5H2,1-2H3. The first-order valence-corrected chi connectivity index (χ1v) is 5.39. The number of Topliss-reactive ketones (excluding diaryl/α,β-unsaturated/α-hetero) is 1. The zero-order chi connectivity index (χ0) is 10.8. The highest BCUT2D eigenvalue weighted by molar-refractivity contribution is 7.89. The number of nitrogens with zero attached hydrogens (tertiary/aromatic N) is 2. The molecule has 1 aromatic rings. The summed E-state index contributed by atoms with van der Waals surface area (Å²) in [6.07, 6.45) is 1.38. The molecule has 6 nitrogen and oxygen atoms in total. The Hall–Kier alpha value is -1.21. The molecule has 1 heterocycles. The van der Waals surface area contributed by atoms with Crippen molar-refractivity contribution in [3.8, 4) is 0 Å².